The van der Waals surface area contributed by atoms with Crippen molar-refractivity contribution in [3.63, 3.8) is 0 Å². The minimum atomic E-state index is -1.05. The van der Waals surface area contributed by atoms with Gasteiger partial charge in [0, 0.05) is 6.20 Å². The Morgan fingerprint density at radius 2 is 2.44 bits per heavy atom. The fourth-order valence-corrected chi connectivity index (χ4v) is 1.18. The molecule has 0 saturated carbocycles. The van der Waals surface area contributed by atoms with Gasteiger partial charge in [0.25, 0.3) is 0 Å². The molecule has 1 rings (SSSR count). The lowest BCUT2D eigenvalue weighted by molar-refractivity contribution is -0.384. The van der Waals surface area contributed by atoms with Crippen LogP contribution in [0.3, 0.4) is 0 Å². The van der Waals surface area contributed by atoms with Gasteiger partial charge in [0.15, 0.2) is 0 Å². The first-order chi connectivity index (χ1) is 7.56. The van der Waals surface area contributed by atoms with E-state index in [2.05, 4.69) is 10.3 Å². The second kappa shape index (κ2) is 5.06. The molecule has 1 unspecified atom stereocenters. The van der Waals surface area contributed by atoms with Gasteiger partial charge in [-0.3, -0.25) is 15.1 Å². The number of aromatic nitrogens is 1. The Morgan fingerprint density at radius 3 is 2.94 bits per heavy atom. The van der Waals surface area contributed by atoms with Crippen molar-refractivity contribution in [3.8, 4) is 0 Å². The number of carboxylic acids is 1. The first-order valence-corrected chi connectivity index (χ1v) is 4.64. The van der Waals surface area contributed by atoms with E-state index in [1.165, 1.54) is 12.3 Å². The summed E-state index contributed by atoms with van der Waals surface area (Å²) in [5, 5.41) is 22.1. The average Bonchev–Trinajstić information content (AvgIpc) is 2.25. The van der Waals surface area contributed by atoms with Crippen LogP contribution >= 0.6 is 0 Å². The molecule has 16 heavy (non-hydrogen) atoms. The van der Waals surface area contributed by atoms with Crippen molar-refractivity contribution in [3.05, 3.63) is 28.6 Å². The van der Waals surface area contributed by atoms with E-state index in [0.717, 1.165) is 6.20 Å². The number of hydrogen-bond donors (Lipinski definition) is 2. The van der Waals surface area contributed by atoms with Crippen LogP contribution in [0.5, 0.6) is 0 Å². The van der Waals surface area contributed by atoms with Crippen LogP contribution in [0.2, 0.25) is 0 Å². The van der Waals surface area contributed by atoms with Gasteiger partial charge < -0.3 is 10.4 Å². The maximum Gasteiger partial charge on any atom is 0.326 e. The number of pyridine rings is 1. The zero-order valence-electron chi connectivity index (χ0n) is 8.58. The molecule has 0 bridgehead atoms. The number of carboxylic acid groups (broad SMARTS) is 1. The van der Waals surface area contributed by atoms with Crippen LogP contribution < -0.4 is 5.32 Å². The summed E-state index contributed by atoms with van der Waals surface area (Å²) in [7, 11) is 0. The molecule has 0 amide bonds. The van der Waals surface area contributed by atoms with Gasteiger partial charge in [0.1, 0.15) is 17.9 Å². The maximum atomic E-state index is 10.8. The molecule has 1 heterocycles. The fraction of sp³-hybridized carbons (Fsp3) is 0.333. The number of nitrogens with zero attached hydrogens (tertiary/aromatic N) is 2. The Bertz CT molecular complexity index is 407. The molecule has 0 aromatic carbocycles. The minimum absolute atomic E-state index is 0.161. The lowest BCUT2D eigenvalue weighted by Crippen LogP contribution is -2.28. The Hall–Kier alpha value is -2.18. The third-order valence-electron chi connectivity index (χ3n) is 2.03. The summed E-state index contributed by atoms with van der Waals surface area (Å²) in [6.07, 6.45) is 2.77. The van der Waals surface area contributed by atoms with Gasteiger partial charge >= 0.3 is 11.7 Å². The zero-order valence-corrected chi connectivity index (χ0v) is 8.58. The minimum Gasteiger partial charge on any atom is -0.480 e. The first-order valence-electron chi connectivity index (χ1n) is 4.64. The Balaban J connectivity index is 2.95. The molecular formula is C9H11N3O4. The van der Waals surface area contributed by atoms with Crippen LogP contribution in [0.25, 0.3) is 0 Å². The molecule has 0 saturated heterocycles. The third-order valence-corrected chi connectivity index (χ3v) is 2.03. The van der Waals surface area contributed by atoms with Crippen molar-refractivity contribution in [2.24, 2.45) is 0 Å². The molecule has 1 aromatic rings. The average molecular weight is 225 g/mol. The van der Waals surface area contributed by atoms with E-state index in [0.29, 0.717) is 6.42 Å². The van der Waals surface area contributed by atoms with Crippen LogP contribution in [0.15, 0.2) is 18.5 Å². The second-order valence-electron chi connectivity index (χ2n) is 3.09. The van der Waals surface area contributed by atoms with E-state index in [4.69, 9.17) is 5.11 Å². The van der Waals surface area contributed by atoms with Gasteiger partial charge in [-0.25, -0.2) is 4.79 Å². The molecular weight excluding hydrogens is 214 g/mol. The Labute approximate surface area is 91.3 Å². The molecule has 0 aliphatic carbocycles. The number of rotatable bonds is 5. The molecule has 86 valence electrons. The molecule has 0 fully saturated rings. The van der Waals surface area contributed by atoms with Crippen molar-refractivity contribution < 1.29 is 14.8 Å². The number of aliphatic carboxylic acids is 1. The van der Waals surface area contributed by atoms with Crippen molar-refractivity contribution in [1.29, 1.82) is 0 Å². The van der Waals surface area contributed by atoms with E-state index in [1.54, 1.807) is 6.92 Å². The molecule has 1 aromatic heterocycles. The normalized spacial score (nSPS) is 11.8. The maximum absolute atomic E-state index is 10.8. The Morgan fingerprint density at radius 1 is 1.75 bits per heavy atom. The predicted molar refractivity (Wildman–Crippen MR) is 56.2 cm³/mol. The molecule has 7 heteroatoms. The Kier molecular flexibility index (Phi) is 3.76. The van der Waals surface area contributed by atoms with Crippen molar-refractivity contribution in [2.45, 2.75) is 19.4 Å². The molecule has 0 radical (unpaired) electrons. The van der Waals surface area contributed by atoms with Gasteiger partial charge in [0.2, 0.25) is 0 Å². The summed E-state index contributed by atoms with van der Waals surface area (Å²) in [5.74, 6) is -1.05. The molecule has 2 N–H and O–H groups in total. The van der Waals surface area contributed by atoms with Gasteiger partial charge in [-0.15, -0.1) is 0 Å². The van der Waals surface area contributed by atoms with Crippen LogP contribution in [0.1, 0.15) is 13.3 Å². The highest BCUT2D eigenvalue weighted by Gasteiger charge is 2.20. The van der Waals surface area contributed by atoms with Gasteiger partial charge in [-0.05, 0) is 12.5 Å². The summed E-state index contributed by atoms with van der Waals surface area (Å²) >= 11 is 0. The summed E-state index contributed by atoms with van der Waals surface area (Å²) < 4.78 is 0. The lowest BCUT2D eigenvalue weighted by atomic mass is 10.2. The van der Waals surface area contributed by atoms with E-state index < -0.39 is 16.9 Å². The zero-order chi connectivity index (χ0) is 12.1. The standard InChI is InChI=1S/C9H11N3O4/c1-2-6(9(13)14)11-7-3-4-10-5-8(7)12(15)16/h3-6H,2H2,1H3,(H,10,11)(H,13,14). The van der Waals surface area contributed by atoms with Crippen molar-refractivity contribution >= 4 is 17.3 Å². The number of nitro groups is 1. The van der Waals surface area contributed by atoms with E-state index in [9.17, 15) is 14.9 Å². The van der Waals surface area contributed by atoms with Crippen LogP contribution in [0, 0.1) is 10.1 Å². The van der Waals surface area contributed by atoms with Crippen molar-refractivity contribution in [1.82, 2.24) is 4.98 Å². The van der Waals surface area contributed by atoms with Crippen LogP contribution in [-0.2, 0) is 4.79 Å². The number of hydrogen-bond acceptors (Lipinski definition) is 5. The van der Waals surface area contributed by atoms with E-state index in [-0.39, 0.29) is 11.4 Å². The monoisotopic (exact) mass is 225 g/mol. The number of anilines is 1. The van der Waals surface area contributed by atoms with Crippen molar-refractivity contribution in [2.75, 3.05) is 5.32 Å². The highest BCUT2D eigenvalue weighted by atomic mass is 16.6. The molecule has 7 nitrogen and oxygen atoms in total. The summed E-state index contributed by atoms with van der Waals surface area (Å²) in [6, 6.07) is 0.532. The molecule has 0 spiro atoms. The quantitative estimate of drug-likeness (QED) is 0.577. The topological polar surface area (TPSA) is 105 Å². The summed E-state index contributed by atoms with van der Waals surface area (Å²) in [4.78, 5) is 24.4. The summed E-state index contributed by atoms with van der Waals surface area (Å²) in [5.41, 5.74) is -0.0727. The van der Waals surface area contributed by atoms with Crippen LogP contribution in [-0.4, -0.2) is 27.0 Å². The van der Waals surface area contributed by atoms with E-state index in [1.807, 2.05) is 0 Å². The van der Waals surface area contributed by atoms with Gasteiger partial charge in [-0.2, -0.15) is 0 Å². The van der Waals surface area contributed by atoms with Crippen LogP contribution in [0.4, 0.5) is 11.4 Å². The molecule has 0 aliphatic heterocycles. The molecule has 1 atom stereocenters. The highest BCUT2D eigenvalue weighted by Crippen LogP contribution is 2.23. The predicted octanol–water partition coefficient (Wildman–Crippen LogP) is 1.26. The highest BCUT2D eigenvalue weighted by molar-refractivity contribution is 5.78. The smallest absolute Gasteiger partial charge is 0.326 e. The number of nitrogens with one attached hydrogen (secondary N) is 1. The SMILES string of the molecule is CCC(Nc1ccncc1[N+](=O)[O-])C(=O)O. The number of carbonyl (C=O) groups is 1. The van der Waals surface area contributed by atoms with Gasteiger partial charge in [0.05, 0.1) is 4.92 Å². The van der Waals surface area contributed by atoms with Gasteiger partial charge in [-0.1, -0.05) is 6.92 Å². The second-order valence-corrected chi connectivity index (χ2v) is 3.09. The largest absolute Gasteiger partial charge is 0.480 e. The molecule has 0 aliphatic rings. The first kappa shape index (κ1) is 11.9. The summed E-state index contributed by atoms with van der Waals surface area (Å²) in [6.45, 7) is 1.68. The fourth-order valence-electron chi connectivity index (χ4n) is 1.18. The lowest BCUT2D eigenvalue weighted by Gasteiger charge is -2.13. The van der Waals surface area contributed by atoms with E-state index >= 15 is 0 Å². The third kappa shape index (κ3) is 2.66.